The van der Waals surface area contributed by atoms with Gasteiger partial charge < -0.3 is 10.0 Å². The number of likely N-dealkylation sites (tertiary alicyclic amines) is 1. The number of carboxylic acid groups (broad SMARTS) is 1. The molecule has 1 saturated heterocycles. The lowest BCUT2D eigenvalue weighted by atomic mass is 9.92. The lowest BCUT2D eigenvalue weighted by Gasteiger charge is -2.14. The zero-order valence-electron chi connectivity index (χ0n) is 13.8. The molecule has 2 fully saturated rings. The molecule has 130 valence electrons. The third-order valence-electron chi connectivity index (χ3n) is 5.17. The van der Waals surface area contributed by atoms with Crippen LogP contribution in [0.15, 0.2) is 35.7 Å². The van der Waals surface area contributed by atoms with Crippen LogP contribution in [-0.2, 0) is 11.2 Å². The summed E-state index contributed by atoms with van der Waals surface area (Å²) in [5.41, 5.74) is 1.60. The van der Waals surface area contributed by atoms with E-state index in [0.717, 1.165) is 23.4 Å². The fourth-order valence-corrected chi connectivity index (χ4v) is 4.48. The fraction of sp³-hybridized carbons (Fsp3) is 0.421. The largest absolute Gasteiger partial charge is 0.481 e. The van der Waals surface area contributed by atoms with Gasteiger partial charge in [-0.05, 0) is 30.2 Å². The summed E-state index contributed by atoms with van der Waals surface area (Å²) in [5, 5.41) is 12.1. The van der Waals surface area contributed by atoms with Gasteiger partial charge in [-0.25, -0.2) is 4.98 Å². The Bertz CT molecular complexity index is 785. The first kappa shape index (κ1) is 16.3. The first-order valence-electron chi connectivity index (χ1n) is 8.62. The first-order chi connectivity index (χ1) is 12.1. The molecular weight excluding hydrogens is 336 g/mol. The van der Waals surface area contributed by atoms with Crippen molar-refractivity contribution >= 4 is 23.2 Å². The van der Waals surface area contributed by atoms with Crippen LogP contribution in [0, 0.1) is 17.8 Å². The second-order valence-corrected chi connectivity index (χ2v) is 7.89. The number of thiazole rings is 1. The third kappa shape index (κ3) is 3.44. The van der Waals surface area contributed by atoms with E-state index < -0.39 is 11.9 Å². The Morgan fingerprint density at radius 3 is 2.64 bits per heavy atom. The van der Waals surface area contributed by atoms with Crippen LogP contribution in [0.25, 0.3) is 0 Å². The summed E-state index contributed by atoms with van der Waals surface area (Å²) >= 11 is 1.48. The van der Waals surface area contributed by atoms with Gasteiger partial charge in [0.1, 0.15) is 5.69 Å². The topological polar surface area (TPSA) is 70.5 Å². The van der Waals surface area contributed by atoms with Crippen molar-refractivity contribution in [3.63, 3.8) is 0 Å². The molecule has 2 aromatic rings. The number of hydrogen-bond donors (Lipinski definition) is 1. The molecule has 0 bridgehead atoms. The van der Waals surface area contributed by atoms with E-state index in [2.05, 4.69) is 4.98 Å². The summed E-state index contributed by atoms with van der Waals surface area (Å²) in [4.78, 5) is 30.4. The van der Waals surface area contributed by atoms with Crippen LogP contribution in [0.3, 0.4) is 0 Å². The van der Waals surface area contributed by atoms with Gasteiger partial charge in [0, 0.05) is 24.9 Å². The Balaban J connectivity index is 1.45. The summed E-state index contributed by atoms with van der Waals surface area (Å²) in [6.45, 7) is 0.854. The van der Waals surface area contributed by atoms with Gasteiger partial charge in [0.05, 0.1) is 10.9 Å². The van der Waals surface area contributed by atoms with Gasteiger partial charge in [-0.1, -0.05) is 30.3 Å². The fourth-order valence-electron chi connectivity index (χ4n) is 3.68. The Hall–Kier alpha value is -2.21. The highest BCUT2D eigenvalue weighted by Crippen LogP contribution is 2.44. The highest BCUT2D eigenvalue weighted by atomic mass is 32.1. The number of nitrogens with zero attached hydrogens (tertiary/aromatic N) is 2. The van der Waals surface area contributed by atoms with Crippen molar-refractivity contribution in [2.75, 3.05) is 13.1 Å². The van der Waals surface area contributed by atoms with Crippen molar-refractivity contribution in [1.82, 2.24) is 9.88 Å². The monoisotopic (exact) mass is 356 g/mol. The van der Waals surface area contributed by atoms with Crippen molar-refractivity contribution < 1.29 is 14.7 Å². The zero-order valence-corrected chi connectivity index (χ0v) is 14.6. The highest BCUT2D eigenvalue weighted by molar-refractivity contribution is 7.09. The molecule has 1 aliphatic heterocycles. The second-order valence-electron chi connectivity index (χ2n) is 6.95. The molecule has 0 radical (unpaired) electrons. The van der Waals surface area contributed by atoms with Gasteiger partial charge >= 0.3 is 5.97 Å². The Kier molecular flexibility index (Phi) is 4.29. The van der Waals surface area contributed by atoms with Crippen LogP contribution in [0.2, 0.25) is 0 Å². The molecule has 6 heteroatoms. The summed E-state index contributed by atoms with van der Waals surface area (Å²) < 4.78 is 0. The van der Waals surface area contributed by atoms with Crippen LogP contribution in [0.4, 0.5) is 0 Å². The minimum Gasteiger partial charge on any atom is -0.481 e. The van der Waals surface area contributed by atoms with Crippen LogP contribution in [0.1, 0.15) is 33.9 Å². The molecule has 0 unspecified atom stereocenters. The Morgan fingerprint density at radius 2 is 1.96 bits per heavy atom. The predicted molar refractivity (Wildman–Crippen MR) is 94.6 cm³/mol. The van der Waals surface area contributed by atoms with E-state index >= 15 is 0 Å². The molecule has 1 saturated carbocycles. The SMILES string of the molecule is O=C(O)[C@H]1CN(C(=O)c2csc(Cc3ccccc3)n2)C[C@@H]1C1CC1. The van der Waals surface area contributed by atoms with Crippen LogP contribution < -0.4 is 0 Å². The molecule has 1 aliphatic carbocycles. The van der Waals surface area contributed by atoms with Crippen molar-refractivity contribution in [2.24, 2.45) is 17.8 Å². The van der Waals surface area contributed by atoms with Gasteiger partial charge in [0.15, 0.2) is 0 Å². The Labute approximate surface area is 150 Å². The predicted octanol–water partition coefficient (Wildman–Crippen LogP) is 2.92. The van der Waals surface area contributed by atoms with Crippen LogP contribution in [0.5, 0.6) is 0 Å². The number of hydrogen-bond acceptors (Lipinski definition) is 4. The summed E-state index contributed by atoms with van der Waals surface area (Å²) in [5.74, 6) is -0.772. The van der Waals surface area contributed by atoms with E-state index in [9.17, 15) is 14.7 Å². The average Bonchev–Trinajstić information content (AvgIpc) is 3.18. The summed E-state index contributed by atoms with van der Waals surface area (Å²) in [6, 6.07) is 10.0. The molecule has 1 aromatic carbocycles. The van der Waals surface area contributed by atoms with Gasteiger partial charge in [0.25, 0.3) is 5.91 Å². The number of carboxylic acids is 1. The minimum absolute atomic E-state index is 0.101. The van der Waals surface area contributed by atoms with Gasteiger partial charge in [-0.15, -0.1) is 11.3 Å². The number of aliphatic carboxylic acids is 1. The normalized spacial score (nSPS) is 23.0. The van der Waals surface area contributed by atoms with Crippen LogP contribution in [-0.4, -0.2) is 40.0 Å². The molecule has 1 amide bonds. The average molecular weight is 356 g/mol. The maximum Gasteiger partial charge on any atom is 0.308 e. The van der Waals surface area contributed by atoms with E-state index in [1.807, 2.05) is 30.3 Å². The van der Waals surface area contributed by atoms with Crippen molar-refractivity contribution in [2.45, 2.75) is 19.3 Å². The van der Waals surface area contributed by atoms with Gasteiger partial charge in [-0.2, -0.15) is 0 Å². The van der Waals surface area contributed by atoms with E-state index in [-0.39, 0.29) is 11.8 Å². The standard InChI is InChI=1S/C19H20N2O3S/c22-18(21-9-14(13-6-7-13)15(10-21)19(23)24)16-11-25-17(20-16)8-12-4-2-1-3-5-12/h1-5,11,13-15H,6-10H2,(H,23,24)/t14-,15+/m1/s1. The van der Waals surface area contributed by atoms with Crippen molar-refractivity contribution in [3.8, 4) is 0 Å². The molecule has 0 spiro atoms. The Morgan fingerprint density at radius 1 is 1.20 bits per heavy atom. The quantitative estimate of drug-likeness (QED) is 0.894. The molecule has 25 heavy (non-hydrogen) atoms. The molecule has 2 heterocycles. The van der Waals surface area contributed by atoms with E-state index in [1.165, 1.54) is 11.3 Å². The molecule has 5 nitrogen and oxygen atoms in total. The maximum absolute atomic E-state index is 12.7. The summed E-state index contributed by atoms with van der Waals surface area (Å²) in [6.07, 6.45) is 2.89. The van der Waals surface area contributed by atoms with E-state index in [4.69, 9.17) is 0 Å². The lowest BCUT2D eigenvalue weighted by Crippen LogP contribution is -2.30. The molecule has 4 rings (SSSR count). The molecule has 2 aliphatic rings. The van der Waals surface area contributed by atoms with Gasteiger partial charge in [0.2, 0.25) is 0 Å². The third-order valence-corrected chi connectivity index (χ3v) is 6.01. The second kappa shape index (κ2) is 6.59. The molecule has 1 N–H and O–H groups in total. The van der Waals surface area contributed by atoms with E-state index in [0.29, 0.717) is 31.1 Å². The highest BCUT2D eigenvalue weighted by Gasteiger charge is 2.47. The molecule has 1 aromatic heterocycles. The zero-order chi connectivity index (χ0) is 17.4. The minimum atomic E-state index is -0.782. The number of amides is 1. The van der Waals surface area contributed by atoms with Gasteiger partial charge in [-0.3, -0.25) is 9.59 Å². The first-order valence-corrected chi connectivity index (χ1v) is 9.50. The number of aromatic nitrogens is 1. The number of benzene rings is 1. The molecular formula is C19H20N2O3S. The number of rotatable bonds is 5. The van der Waals surface area contributed by atoms with E-state index in [1.54, 1.807) is 10.3 Å². The number of carbonyl (C=O) groups excluding carboxylic acids is 1. The maximum atomic E-state index is 12.7. The smallest absolute Gasteiger partial charge is 0.308 e. The van der Waals surface area contributed by atoms with Crippen molar-refractivity contribution in [3.05, 3.63) is 52.0 Å². The summed E-state index contributed by atoms with van der Waals surface area (Å²) in [7, 11) is 0. The van der Waals surface area contributed by atoms with Crippen molar-refractivity contribution in [1.29, 1.82) is 0 Å². The van der Waals surface area contributed by atoms with Crippen LogP contribution >= 0.6 is 11.3 Å². The molecule has 2 atom stereocenters. The lowest BCUT2D eigenvalue weighted by molar-refractivity contribution is -0.142. The number of carbonyl (C=O) groups is 2.